The summed E-state index contributed by atoms with van der Waals surface area (Å²) in [4.78, 5) is 16.3. The first-order valence-corrected chi connectivity index (χ1v) is 9.97. The molecule has 3 fully saturated rings. The maximum Gasteiger partial charge on any atom is 0.331 e. The largest absolute Gasteiger partial charge is 0.474 e. The van der Waals surface area contributed by atoms with Crippen LogP contribution >= 0.6 is 0 Å². The van der Waals surface area contributed by atoms with Crippen LogP contribution in [0.15, 0.2) is 24.4 Å². The Hall–Kier alpha value is -1.92. The number of esters is 1. The predicted octanol–water partition coefficient (Wildman–Crippen LogP) is 3.50. The molecule has 2 aliphatic carbocycles. The van der Waals surface area contributed by atoms with E-state index in [0.29, 0.717) is 31.6 Å². The van der Waals surface area contributed by atoms with Crippen molar-refractivity contribution in [3.63, 3.8) is 0 Å². The summed E-state index contributed by atoms with van der Waals surface area (Å²) >= 11 is 0. The van der Waals surface area contributed by atoms with Gasteiger partial charge in [0.05, 0.1) is 19.8 Å². The van der Waals surface area contributed by atoms with Gasteiger partial charge in [-0.15, -0.1) is 0 Å². The Morgan fingerprint density at radius 2 is 2.00 bits per heavy atom. The lowest BCUT2D eigenvalue weighted by atomic mass is 9.92. The van der Waals surface area contributed by atoms with Crippen LogP contribution in [-0.2, 0) is 19.0 Å². The minimum atomic E-state index is -0.378. The van der Waals surface area contributed by atoms with E-state index < -0.39 is 0 Å². The van der Waals surface area contributed by atoms with Crippen LogP contribution < -0.4 is 4.74 Å². The van der Waals surface area contributed by atoms with Gasteiger partial charge in [-0.2, -0.15) is 0 Å². The van der Waals surface area contributed by atoms with Crippen molar-refractivity contribution in [1.82, 2.24) is 4.98 Å². The SMILES string of the molecule is CCOC(=O)/C=C(/c1ccnc(OC2CCC3(CC2)OCCO3)c1)C1CC1. The van der Waals surface area contributed by atoms with Crippen LogP contribution in [0.3, 0.4) is 0 Å². The molecular formula is C21H27NO5. The van der Waals surface area contributed by atoms with Crippen LogP contribution in [0.5, 0.6) is 5.88 Å². The van der Waals surface area contributed by atoms with Crippen molar-refractivity contribution in [2.24, 2.45) is 5.92 Å². The second-order valence-corrected chi connectivity index (χ2v) is 7.43. The molecule has 1 aromatic heterocycles. The molecule has 4 rings (SSSR count). The van der Waals surface area contributed by atoms with E-state index in [0.717, 1.165) is 49.7 Å². The average Bonchev–Trinajstić information content (AvgIpc) is 3.42. The Kier molecular flexibility index (Phi) is 5.45. The highest BCUT2D eigenvalue weighted by atomic mass is 16.7. The second-order valence-electron chi connectivity index (χ2n) is 7.43. The molecule has 0 amide bonds. The van der Waals surface area contributed by atoms with Gasteiger partial charge in [0.1, 0.15) is 6.10 Å². The third kappa shape index (κ3) is 4.50. The third-order valence-electron chi connectivity index (χ3n) is 5.44. The summed E-state index contributed by atoms with van der Waals surface area (Å²) in [5.41, 5.74) is 2.02. The molecule has 6 nitrogen and oxygen atoms in total. The lowest BCUT2D eigenvalue weighted by Crippen LogP contribution is -2.38. The summed E-state index contributed by atoms with van der Waals surface area (Å²) in [6, 6.07) is 3.88. The fourth-order valence-electron chi connectivity index (χ4n) is 3.90. The van der Waals surface area contributed by atoms with Gasteiger partial charge in [-0.05, 0) is 55.7 Å². The molecule has 0 N–H and O–H groups in total. The molecule has 0 radical (unpaired) electrons. The Morgan fingerprint density at radius 1 is 1.26 bits per heavy atom. The molecule has 0 aromatic carbocycles. The first-order chi connectivity index (χ1) is 13.2. The number of carbonyl (C=O) groups is 1. The van der Waals surface area contributed by atoms with Gasteiger partial charge in [-0.1, -0.05) is 0 Å². The number of ether oxygens (including phenoxy) is 4. The van der Waals surface area contributed by atoms with Crippen molar-refractivity contribution >= 4 is 11.5 Å². The van der Waals surface area contributed by atoms with E-state index in [2.05, 4.69) is 4.98 Å². The zero-order valence-electron chi connectivity index (χ0n) is 15.8. The highest BCUT2D eigenvalue weighted by Gasteiger charge is 2.41. The number of allylic oxidation sites excluding steroid dienone is 1. The van der Waals surface area contributed by atoms with Gasteiger partial charge in [0.2, 0.25) is 5.88 Å². The van der Waals surface area contributed by atoms with Crippen molar-refractivity contribution in [1.29, 1.82) is 0 Å². The summed E-state index contributed by atoms with van der Waals surface area (Å²) in [5, 5.41) is 0. The van der Waals surface area contributed by atoms with Crippen LogP contribution in [0.25, 0.3) is 5.57 Å². The van der Waals surface area contributed by atoms with Crippen LogP contribution in [0.1, 0.15) is 51.0 Å². The van der Waals surface area contributed by atoms with E-state index in [4.69, 9.17) is 18.9 Å². The standard InChI is InChI=1S/C21H27NO5/c1-2-24-20(23)14-18(15-3-4-15)16-7-10-22-19(13-16)27-17-5-8-21(9-6-17)25-11-12-26-21/h7,10,13-15,17H,2-6,8-9,11-12H2,1H3/b18-14+. The molecule has 1 aromatic rings. The Balaban J connectivity index is 1.42. The number of aromatic nitrogens is 1. The summed E-state index contributed by atoms with van der Waals surface area (Å²) in [7, 11) is 0. The number of hydrogen-bond donors (Lipinski definition) is 0. The number of pyridine rings is 1. The minimum Gasteiger partial charge on any atom is -0.474 e. The molecular weight excluding hydrogens is 346 g/mol. The fourth-order valence-corrected chi connectivity index (χ4v) is 3.90. The Bertz CT molecular complexity index is 696. The fraction of sp³-hybridized carbons (Fsp3) is 0.619. The van der Waals surface area contributed by atoms with Crippen molar-refractivity contribution in [2.75, 3.05) is 19.8 Å². The van der Waals surface area contributed by atoms with E-state index in [9.17, 15) is 4.79 Å². The highest BCUT2D eigenvalue weighted by molar-refractivity contribution is 5.92. The van der Waals surface area contributed by atoms with Gasteiger partial charge in [0.25, 0.3) is 0 Å². The number of carbonyl (C=O) groups excluding carboxylic acids is 1. The number of rotatable bonds is 6. The molecule has 146 valence electrons. The van der Waals surface area contributed by atoms with Gasteiger partial charge in [0.15, 0.2) is 5.79 Å². The van der Waals surface area contributed by atoms with Crippen LogP contribution in [0.2, 0.25) is 0 Å². The van der Waals surface area contributed by atoms with E-state index >= 15 is 0 Å². The van der Waals surface area contributed by atoms with E-state index in [-0.39, 0.29) is 17.9 Å². The van der Waals surface area contributed by atoms with E-state index in [1.165, 1.54) is 0 Å². The third-order valence-corrected chi connectivity index (χ3v) is 5.44. The Morgan fingerprint density at radius 3 is 2.67 bits per heavy atom. The Labute approximate surface area is 159 Å². The van der Waals surface area contributed by atoms with Gasteiger partial charge in [-0.3, -0.25) is 0 Å². The lowest BCUT2D eigenvalue weighted by Gasteiger charge is -2.35. The molecule has 6 heteroatoms. The maximum absolute atomic E-state index is 11.9. The van der Waals surface area contributed by atoms with Crippen molar-refractivity contribution in [2.45, 2.75) is 57.3 Å². The molecule has 1 saturated heterocycles. The molecule has 3 aliphatic rings. The van der Waals surface area contributed by atoms with Crippen LogP contribution in [-0.4, -0.2) is 42.7 Å². The van der Waals surface area contributed by atoms with Crippen LogP contribution in [0, 0.1) is 5.92 Å². The average molecular weight is 373 g/mol. The maximum atomic E-state index is 11.9. The normalized spacial score (nSPS) is 22.8. The molecule has 2 saturated carbocycles. The quantitative estimate of drug-likeness (QED) is 0.562. The van der Waals surface area contributed by atoms with E-state index in [1.54, 1.807) is 12.3 Å². The van der Waals surface area contributed by atoms with Gasteiger partial charge >= 0.3 is 5.97 Å². The second kappa shape index (κ2) is 7.98. The summed E-state index contributed by atoms with van der Waals surface area (Å²) < 4.78 is 22.8. The molecule has 1 aliphatic heterocycles. The van der Waals surface area contributed by atoms with Crippen molar-refractivity contribution in [3.05, 3.63) is 30.0 Å². The first kappa shape index (κ1) is 18.4. The molecule has 1 spiro atoms. The summed E-state index contributed by atoms with van der Waals surface area (Å²) in [6.45, 7) is 3.57. The zero-order valence-corrected chi connectivity index (χ0v) is 15.8. The van der Waals surface area contributed by atoms with E-state index in [1.807, 2.05) is 19.1 Å². The van der Waals surface area contributed by atoms with Gasteiger partial charge < -0.3 is 18.9 Å². The van der Waals surface area contributed by atoms with Crippen molar-refractivity contribution < 1.29 is 23.7 Å². The van der Waals surface area contributed by atoms with Crippen LogP contribution in [0.4, 0.5) is 0 Å². The minimum absolute atomic E-state index is 0.115. The zero-order chi connectivity index (χ0) is 18.7. The first-order valence-electron chi connectivity index (χ1n) is 9.97. The number of nitrogens with zero attached hydrogens (tertiary/aromatic N) is 1. The van der Waals surface area contributed by atoms with Crippen molar-refractivity contribution in [3.8, 4) is 5.88 Å². The molecule has 0 atom stereocenters. The van der Waals surface area contributed by atoms with Gasteiger partial charge in [-0.25, -0.2) is 9.78 Å². The summed E-state index contributed by atoms with van der Waals surface area (Å²) in [6.07, 6.45) is 9.19. The monoisotopic (exact) mass is 373 g/mol. The predicted molar refractivity (Wildman–Crippen MR) is 99.1 cm³/mol. The smallest absolute Gasteiger partial charge is 0.331 e. The van der Waals surface area contributed by atoms with Gasteiger partial charge in [0, 0.05) is 31.2 Å². The lowest BCUT2D eigenvalue weighted by molar-refractivity contribution is -0.186. The highest BCUT2D eigenvalue weighted by Crippen LogP contribution is 2.42. The molecule has 0 bridgehead atoms. The number of hydrogen-bond acceptors (Lipinski definition) is 6. The molecule has 2 heterocycles. The topological polar surface area (TPSA) is 66.9 Å². The molecule has 27 heavy (non-hydrogen) atoms. The summed E-state index contributed by atoms with van der Waals surface area (Å²) in [5.74, 6) is 0.372. The molecule has 0 unspecified atom stereocenters.